The van der Waals surface area contributed by atoms with Gasteiger partial charge in [0, 0.05) is 18.2 Å². The van der Waals surface area contributed by atoms with Crippen molar-refractivity contribution in [2.24, 2.45) is 0 Å². The van der Waals surface area contributed by atoms with E-state index in [-0.39, 0.29) is 18.0 Å². The van der Waals surface area contributed by atoms with E-state index in [1.165, 1.54) is 13.1 Å². The van der Waals surface area contributed by atoms with E-state index in [0.29, 0.717) is 12.0 Å². The van der Waals surface area contributed by atoms with E-state index in [4.69, 9.17) is 15.6 Å². The zero-order valence-corrected chi connectivity index (χ0v) is 12.0. The molecule has 22 heavy (non-hydrogen) atoms. The Morgan fingerprint density at radius 3 is 2.68 bits per heavy atom. The number of aliphatic hydroxyl groups excluding tert-OH is 3. The number of nitrogen functional groups attached to an aromatic ring is 1. The number of Topliss-reactive ketones (excluding diaryl/α,β-unsaturated/α-hetero) is 1. The molecular weight excluding hydrogens is 294 g/mol. The van der Waals surface area contributed by atoms with Crippen LogP contribution in [0.25, 0.3) is 0 Å². The summed E-state index contributed by atoms with van der Waals surface area (Å²) < 4.78 is 6.30. The molecule has 0 bridgehead atoms. The third-order valence-electron chi connectivity index (χ3n) is 3.60. The smallest absolute Gasteiger partial charge is 0.351 e. The topological polar surface area (TPSA) is 148 Å². The lowest BCUT2D eigenvalue weighted by Crippen LogP contribution is -2.36. The number of ether oxygens (including phenoxy) is 1. The summed E-state index contributed by atoms with van der Waals surface area (Å²) in [6, 6.07) is 0. The second-order valence-electron chi connectivity index (χ2n) is 5.27. The minimum Gasteiger partial charge on any atom is -0.394 e. The van der Waals surface area contributed by atoms with Crippen LogP contribution in [0.1, 0.15) is 25.1 Å². The van der Waals surface area contributed by atoms with Crippen LogP contribution >= 0.6 is 0 Å². The van der Waals surface area contributed by atoms with Gasteiger partial charge in [0.2, 0.25) is 0 Å². The van der Waals surface area contributed by atoms with Gasteiger partial charge in [0.05, 0.1) is 6.61 Å². The lowest BCUT2D eigenvalue weighted by molar-refractivity contribution is -0.116. The number of nitrogens with two attached hydrogens (primary N) is 1. The third-order valence-corrected chi connectivity index (χ3v) is 3.60. The average molecular weight is 313 g/mol. The zero-order valence-electron chi connectivity index (χ0n) is 12.0. The van der Waals surface area contributed by atoms with Crippen molar-refractivity contribution in [3.05, 3.63) is 22.2 Å². The molecule has 0 spiro atoms. The van der Waals surface area contributed by atoms with Crippen LogP contribution in [0.4, 0.5) is 5.82 Å². The largest absolute Gasteiger partial charge is 0.394 e. The number of hydrogen-bond acceptors (Lipinski definition) is 8. The van der Waals surface area contributed by atoms with Crippen LogP contribution in [0.2, 0.25) is 0 Å². The highest BCUT2D eigenvalue weighted by atomic mass is 16.6. The first kappa shape index (κ1) is 16.6. The number of hydrogen-bond donors (Lipinski definition) is 4. The molecule has 0 aliphatic carbocycles. The molecule has 1 saturated heterocycles. The summed E-state index contributed by atoms with van der Waals surface area (Å²) in [5, 5.41) is 28.8. The van der Waals surface area contributed by atoms with Crippen molar-refractivity contribution in [1.29, 1.82) is 0 Å². The van der Waals surface area contributed by atoms with Crippen molar-refractivity contribution in [1.82, 2.24) is 9.55 Å². The molecule has 1 aromatic rings. The molecule has 5 N–H and O–H groups in total. The van der Waals surface area contributed by atoms with Crippen LogP contribution in [-0.2, 0) is 16.0 Å². The van der Waals surface area contributed by atoms with Gasteiger partial charge in [0.25, 0.3) is 0 Å². The van der Waals surface area contributed by atoms with E-state index in [0.717, 1.165) is 4.57 Å². The highest BCUT2D eigenvalue weighted by molar-refractivity contribution is 5.75. The monoisotopic (exact) mass is 313 g/mol. The SMILES string of the molecule is CC(=O)CCc1cn([C@@H]2O[C@H](CO)[C@@H](O)[C@H]2O)c(=O)nc1N. The maximum absolute atomic E-state index is 11.9. The first-order valence-corrected chi connectivity index (χ1v) is 6.84. The number of nitrogens with zero attached hydrogens (tertiary/aromatic N) is 2. The predicted octanol–water partition coefficient (Wildman–Crippen LogP) is -2.04. The van der Waals surface area contributed by atoms with E-state index >= 15 is 0 Å². The number of aryl methyl sites for hydroxylation is 1. The van der Waals surface area contributed by atoms with Gasteiger partial charge in [0.1, 0.15) is 29.9 Å². The molecule has 2 heterocycles. The van der Waals surface area contributed by atoms with Crippen molar-refractivity contribution in [2.75, 3.05) is 12.3 Å². The van der Waals surface area contributed by atoms with Gasteiger partial charge >= 0.3 is 5.69 Å². The predicted molar refractivity (Wildman–Crippen MR) is 74.9 cm³/mol. The molecule has 0 unspecified atom stereocenters. The van der Waals surface area contributed by atoms with E-state index < -0.39 is 36.8 Å². The fourth-order valence-electron chi connectivity index (χ4n) is 2.32. The number of rotatable bonds is 5. The van der Waals surface area contributed by atoms with Gasteiger partial charge in [-0.25, -0.2) is 4.79 Å². The summed E-state index contributed by atoms with van der Waals surface area (Å²) in [7, 11) is 0. The van der Waals surface area contributed by atoms with Crippen LogP contribution < -0.4 is 11.4 Å². The van der Waals surface area contributed by atoms with Crippen molar-refractivity contribution in [3.8, 4) is 0 Å². The molecule has 1 aliphatic rings. The van der Waals surface area contributed by atoms with Gasteiger partial charge in [0.15, 0.2) is 6.23 Å². The molecule has 1 fully saturated rings. The number of aromatic nitrogens is 2. The summed E-state index contributed by atoms with van der Waals surface area (Å²) in [5.41, 5.74) is 5.38. The van der Waals surface area contributed by atoms with Crippen LogP contribution in [0, 0.1) is 0 Å². The molecule has 0 radical (unpaired) electrons. The number of ketones is 1. The first-order valence-electron chi connectivity index (χ1n) is 6.84. The number of aliphatic hydroxyl groups is 3. The Morgan fingerprint density at radius 1 is 1.45 bits per heavy atom. The van der Waals surface area contributed by atoms with E-state index in [1.54, 1.807) is 0 Å². The third kappa shape index (κ3) is 3.17. The number of anilines is 1. The molecule has 1 aliphatic heterocycles. The summed E-state index contributed by atoms with van der Waals surface area (Å²) in [6.07, 6.45) is -2.99. The minimum absolute atomic E-state index is 0.00856. The molecule has 9 nitrogen and oxygen atoms in total. The van der Waals surface area contributed by atoms with Crippen LogP contribution in [0.5, 0.6) is 0 Å². The van der Waals surface area contributed by atoms with Gasteiger partial charge in [-0.3, -0.25) is 4.57 Å². The Labute approximate surface area is 126 Å². The molecule has 2 rings (SSSR count). The maximum atomic E-state index is 11.9. The van der Waals surface area contributed by atoms with Crippen molar-refractivity contribution >= 4 is 11.6 Å². The second kappa shape index (κ2) is 6.53. The Morgan fingerprint density at radius 2 is 2.14 bits per heavy atom. The normalized spacial score (nSPS) is 28.0. The van der Waals surface area contributed by atoms with Gasteiger partial charge in [-0.2, -0.15) is 4.98 Å². The number of carbonyl (C=O) groups is 1. The fraction of sp³-hybridized carbons (Fsp3) is 0.615. The molecule has 9 heteroatoms. The van der Waals surface area contributed by atoms with E-state index in [9.17, 15) is 19.8 Å². The highest BCUT2D eigenvalue weighted by Crippen LogP contribution is 2.28. The van der Waals surface area contributed by atoms with E-state index in [2.05, 4.69) is 4.98 Å². The summed E-state index contributed by atoms with van der Waals surface area (Å²) in [4.78, 5) is 26.6. The molecule has 4 atom stereocenters. The maximum Gasteiger partial charge on any atom is 0.351 e. The van der Waals surface area contributed by atoms with Gasteiger partial charge in [-0.05, 0) is 13.3 Å². The lowest BCUT2D eigenvalue weighted by Gasteiger charge is -2.18. The minimum atomic E-state index is -1.39. The second-order valence-corrected chi connectivity index (χ2v) is 5.27. The van der Waals surface area contributed by atoms with E-state index in [1.807, 2.05) is 0 Å². The molecule has 122 valence electrons. The fourth-order valence-corrected chi connectivity index (χ4v) is 2.32. The van der Waals surface area contributed by atoms with Gasteiger partial charge < -0.3 is 30.6 Å². The Kier molecular flexibility index (Phi) is 4.91. The average Bonchev–Trinajstić information content (AvgIpc) is 2.74. The van der Waals surface area contributed by atoms with Crippen molar-refractivity contribution in [3.63, 3.8) is 0 Å². The quantitative estimate of drug-likeness (QED) is 0.486. The van der Waals surface area contributed by atoms with Crippen LogP contribution in [-0.4, -0.2) is 55.6 Å². The molecule has 0 aromatic carbocycles. The van der Waals surface area contributed by atoms with Crippen molar-refractivity contribution < 1.29 is 24.9 Å². The van der Waals surface area contributed by atoms with Crippen LogP contribution in [0.15, 0.2) is 11.0 Å². The Hall–Kier alpha value is -1.81. The summed E-state index contributed by atoms with van der Waals surface area (Å²) in [6.45, 7) is 0.939. The first-order chi connectivity index (χ1) is 10.3. The summed E-state index contributed by atoms with van der Waals surface area (Å²) >= 11 is 0. The van der Waals surface area contributed by atoms with Crippen LogP contribution in [0.3, 0.4) is 0 Å². The lowest BCUT2D eigenvalue weighted by atomic mass is 10.1. The molecular formula is C13H19N3O6. The Balaban J connectivity index is 2.33. The van der Waals surface area contributed by atoms with Gasteiger partial charge in [-0.1, -0.05) is 0 Å². The van der Waals surface area contributed by atoms with Gasteiger partial charge in [-0.15, -0.1) is 0 Å². The molecule has 1 aromatic heterocycles. The highest BCUT2D eigenvalue weighted by Gasteiger charge is 2.43. The zero-order chi connectivity index (χ0) is 16.4. The Bertz CT molecular complexity index is 616. The standard InChI is InChI=1S/C13H19N3O6/c1-6(18)2-3-7-4-16(13(21)15-11(7)14)12-10(20)9(19)8(5-17)22-12/h4,8-10,12,17,19-20H,2-3,5H2,1H3,(H2,14,15,21)/t8-,9-,10-,12-/m1/s1. The number of carbonyl (C=O) groups excluding carboxylic acids is 1. The molecule has 0 amide bonds. The molecule has 0 saturated carbocycles. The summed E-state index contributed by atoms with van der Waals surface area (Å²) in [5.74, 6) is -0.0284. The van der Waals surface area contributed by atoms with Crippen molar-refractivity contribution in [2.45, 2.75) is 44.3 Å².